The lowest BCUT2D eigenvalue weighted by atomic mass is 10.3. The molecule has 0 aromatic carbocycles. The fourth-order valence-electron chi connectivity index (χ4n) is 1.69. The van der Waals surface area contributed by atoms with Gasteiger partial charge < -0.3 is 15.0 Å². The van der Waals surface area contributed by atoms with E-state index in [4.69, 9.17) is 4.74 Å². The highest BCUT2D eigenvalue weighted by atomic mass is 35.5. The molecule has 2 rings (SSSR count). The van der Waals surface area contributed by atoms with Crippen LogP contribution in [0.1, 0.15) is 0 Å². The molecule has 0 atom stereocenters. The Kier molecular flexibility index (Phi) is 4.65. The first kappa shape index (κ1) is 12.1. The summed E-state index contributed by atoms with van der Waals surface area (Å²) in [6.07, 6.45) is 3.62. The van der Waals surface area contributed by atoms with Crippen LogP contribution >= 0.6 is 12.4 Å². The number of pyridine rings is 1. The molecule has 0 radical (unpaired) electrons. The van der Waals surface area contributed by atoms with Crippen LogP contribution in [-0.4, -0.2) is 38.3 Å². The molecule has 1 aliphatic heterocycles. The third-order valence-electron chi connectivity index (χ3n) is 2.44. The summed E-state index contributed by atoms with van der Waals surface area (Å²) in [6.45, 7) is 4.08. The highest BCUT2D eigenvalue weighted by molar-refractivity contribution is 5.85. The summed E-state index contributed by atoms with van der Waals surface area (Å²) in [5.41, 5.74) is 1.09. The standard InChI is InChI=1S/C10H15N3O.ClH/c1-14-10-2-3-12-8-9(10)13-6-4-11-5-7-13;/h2-3,8,11H,4-7H2,1H3;1H. The Morgan fingerprint density at radius 2 is 2.13 bits per heavy atom. The van der Waals surface area contributed by atoms with Crippen molar-refractivity contribution >= 4 is 18.1 Å². The van der Waals surface area contributed by atoms with Crippen LogP contribution in [0.5, 0.6) is 5.75 Å². The zero-order chi connectivity index (χ0) is 9.80. The van der Waals surface area contributed by atoms with Gasteiger partial charge in [0.05, 0.1) is 19.0 Å². The molecule has 84 valence electrons. The number of halogens is 1. The molecule has 1 aromatic rings. The van der Waals surface area contributed by atoms with Gasteiger partial charge in [0.25, 0.3) is 0 Å². The predicted octanol–water partition coefficient (Wildman–Crippen LogP) is 0.922. The summed E-state index contributed by atoms with van der Waals surface area (Å²) in [5, 5.41) is 3.32. The van der Waals surface area contributed by atoms with E-state index >= 15 is 0 Å². The van der Waals surface area contributed by atoms with Crippen molar-refractivity contribution in [2.75, 3.05) is 38.2 Å². The van der Waals surface area contributed by atoms with E-state index in [1.807, 2.05) is 12.3 Å². The number of aromatic nitrogens is 1. The topological polar surface area (TPSA) is 37.4 Å². The molecule has 0 saturated carbocycles. The van der Waals surface area contributed by atoms with Crippen molar-refractivity contribution in [3.8, 4) is 5.75 Å². The molecule has 0 amide bonds. The number of piperazine rings is 1. The van der Waals surface area contributed by atoms with Crippen molar-refractivity contribution in [1.29, 1.82) is 0 Å². The largest absolute Gasteiger partial charge is 0.494 e. The second-order valence-electron chi connectivity index (χ2n) is 3.28. The number of ether oxygens (including phenoxy) is 1. The minimum absolute atomic E-state index is 0. The van der Waals surface area contributed by atoms with Gasteiger partial charge in [-0.05, 0) is 0 Å². The molecule has 0 bridgehead atoms. The highest BCUT2D eigenvalue weighted by Crippen LogP contribution is 2.26. The summed E-state index contributed by atoms with van der Waals surface area (Å²) in [7, 11) is 1.70. The predicted molar refractivity (Wildman–Crippen MR) is 63.1 cm³/mol. The van der Waals surface area contributed by atoms with Crippen molar-refractivity contribution in [1.82, 2.24) is 10.3 Å². The molecule has 1 aliphatic rings. The number of rotatable bonds is 2. The smallest absolute Gasteiger partial charge is 0.145 e. The quantitative estimate of drug-likeness (QED) is 0.819. The molecule has 1 saturated heterocycles. The summed E-state index contributed by atoms with van der Waals surface area (Å²) in [4.78, 5) is 6.42. The molecule has 2 heterocycles. The van der Waals surface area contributed by atoms with Gasteiger partial charge in [-0.15, -0.1) is 12.4 Å². The van der Waals surface area contributed by atoms with Gasteiger partial charge in [-0.25, -0.2) is 0 Å². The fourth-order valence-corrected chi connectivity index (χ4v) is 1.69. The SMILES string of the molecule is COc1ccncc1N1CCNCC1.Cl. The van der Waals surface area contributed by atoms with Gasteiger partial charge in [-0.1, -0.05) is 0 Å². The van der Waals surface area contributed by atoms with Crippen LogP contribution in [0.2, 0.25) is 0 Å². The molecule has 1 fully saturated rings. The fraction of sp³-hybridized carbons (Fsp3) is 0.500. The van der Waals surface area contributed by atoms with Gasteiger partial charge in [0.1, 0.15) is 5.75 Å². The third kappa shape index (κ3) is 2.73. The Hall–Kier alpha value is -1.00. The van der Waals surface area contributed by atoms with Gasteiger partial charge in [0.15, 0.2) is 0 Å². The van der Waals surface area contributed by atoms with E-state index in [0.717, 1.165) is 37.6 Å². The lowest BCUT2D eigenvalue weighted by Crippen LogP contribution is -2.43. The number of nitrogens with zero attached hydrogens (tertiary/aromatic N) is 2. The minimum atomic E-state index is 0. The number of nitrogens with one attached hydrogen (secondary N) is 1. The summed E-state index contributed by atoms with van der Waals surface area (Å²) in [5.74, 6) is 0.905. The average Bonchev–Trinajstić information content (AvgIpc) is 2.30. The van der Waals surface area contributed by atoms with Crippen molar-refractivity contribution in [2.24, 2.45) is 0 Å². The van der Waals surface area contributed by atoms with Gasteiger partial charge in [0, 0.05) is 38.4 Å². The lowest BCUT2D eigenvalue weighted by molar-refractivity contribution is 0.412. The maximum absolute atomic E-state index is 5.30. The van der Waals surface area contributed by atoms with Crippen LogP contribution < -0.4 is 15.0 Å². The van der Waals surface area contributed by atoms with Gasteiger partial charge in [0.2, 0.25) is 0 Å². The van der Waals surface area contributed by atoms with Crippen molar-refractivity contribution in [3.63, 3.8) is 0 Å². The van der Waals surface area contributed by atoms with E-state index < -0.39 is 0 Å². The highest BCUT2D eigenvalue weighted by Gasteiger charge is 2.14. The first-order valence-electron chi connectivity index (χ1n) is 4.85. The molecule has 0 aliphatic carbocycles. The molecular weight excluding hydrogens is 214 g/mol. The monoisotopic (exact) mass is 229 g/mol. The molecule has 4 nitrogen and oxygen atoms in total. The van der Waals surface area contributed by atoms with E-state index in [9.17, 15) is 0 Å². The van der Waals surface area contributed by atoms with E-state index in [2.05, 4.69) is 15.2 Å². The van der Waals surface area contributed by atoms with E-state index in [1.165, 1.54) is 0 Å². The third-order valence-corrected chi connectivity index (χ3v) is 2.44. The average molecular weight is 230 g/mol. The van der Waals surface area contributed by atoms with E-state index in [-0.39, 0.29) is 12.4 Å². The number of anilines is 1. The molecule has 0 unspecified atom stereocenters. The second-order valence-corrected chi connectivity index (χ2v) is 3.28. The Morgan fingerprint density at radius 3 is 2.80 bits per heavy atom. The van der Waals surface area contributed by atoms with Crippen molar-refractivity contribution in [3.05, 3.63) is 18.5 Å². The Bertz CT molecular complexity index is 302. The number of hydrogen-bond donors (Lipinski definition) is 1. The van der Waals surface area contributed by atoms with Crippen molar-refractivity contribution < 1.29 is 4.74 Å². The summed E-state index contributed by atoms with van der Waals surface area (Å²) >= 11 is 0. The number of hydrogen-bond acceptors (Lipinski definition) is 4. The van der Waals surface area contributed by atoms with Gasteiger partial charge in [-0.2, -0.15) is 0 Å². The Balaban J connectivity index is 0.00000112. The normalized spacial score (nSPS) is 15.7. The maximum atomic E-state index is 5.30. The van der Waals surface area contributed by atoms with Gasteiger partial charge >= 0.3 is 0 Å². The molecular formula is C10H16ClN3O. The Labute approximate surface area is 96.0 Å². The summed E-state index contributed by atoms with van der Waals surface area (Å²) in [6, 6.07) is 1.90. The van der Waals surface area contributed by atoms with Gasteiger partial charge in [-0.3, -0.25) is 4.98 Å². The molecule has 1 N–H and O–H groups in total. The van der Waals surface area contributed by atoms with Crippen LogP contribution in [0.15, 0.2) is 18.5 Å². The van der Waals surface area contributed by atoms with Crippen LogP contribution in [0, 0.1) is 0 Å². The van der Waals surface area contributed by atoms with E-state index in [0.29, 0.717) is 0 Å². The maximum Gasteiger partial charge on any atom is 0.145 e. The second kappa shape index (κ2) is 5.78. The van der Waals surface area contributed by atoms with Crippen LogP contribution in [-0.2, 0) is 0 Å². The van der Waals surface area contributed by atoms with Crippen LogP contribution in [0.4, 0.5) is 5.69 Å². The molecule has 0 spiro atoms. The molecule has 5 heteroatoms. The first-order valence-corrected chi connectivity index (χ1v) is 4.85. The zero-order valence-corrected chi connectivity index (χ0v) is 9.59. The molecule has 15 heavy (non-hydrogen) atoms. The lowest BCUT2D eigenvalue weighted by Gasteiger charge is -2.30. The van der Waals surface area contributed by atoms with Crippen LogP contribution in [0.3, 0.4) is 0 Å². The molecule has 1 aromatic heterocycles. The van der Waals surface area contributed by atoms with Crippen LogP contribution in [0.25, 0.3) is 0 Å². The zero-order valence-electron chi connectivity index (χ0n) is 8.77. The summed E-state index contributed by atoms with van der Waals surface area (Å²) < 4.78 is 5.30. The Morgan fingerprint density at radius 1 is 1.40 bits per heavy atom. The number of methoxy groups -OCH3 is 1. The first-order chi connectivity index (χ1) is 6.92. The van der Waals surface area contributed by atoms with E-state index in [1.54, 1.807) is 13.3 Å². The van der Waals surface area contributed by atoms with Crippen molar-refractivity contribution in [2.45, 2.75) is 0 Å². The minimum Gasteiger partial charge on any atom is -0.494 e.